The van der Waals surface area contributed by atoms with Gasteiger partial charge in [-0.15, -0.1) is 0 Å². The zero-order chi connectivity index (χ0) is 25.7. The number of amides is 1. The second-order valence-corrected chi connectivity index (χ2v) is 9.48. The number of rotatable bonds is 8. The van der Waals surface area contributed by atoms with Crippen molar-refractivity contribution in [3.63, 3.8) is 0 Å². The summed E-state index contributed by atoms with van der Waals surface area (Å²) in [4.78, 5) is 26.3. The van der Waals surface area contributed by atoms with Crippen LogP contribution in [0.4, 0.5) is 0 Å². The van der Waals surface area contributed by atoms with Crippen molar-refractivity contribution >= 4 is 5.91 Å². The minimum absolute atomic E-state index is 0.0269. The van der Waals surface area contributed by atoms with E-state index in [1.807, 2.05) is 49.4 Å². The smallest absolute Gasteiger partial charge is 0.259 e. The summed E-state index contributed by atoms with van der Waals surface area (Å²) < 4.78 is 11.7. The molecule has 0 fully saturated rings. The molecule has 0 radical (unpaired) electrons. The van der Waals surface area contributed by atoms with Crippen LogP contribution in [0.2, 0.25) is 0 Å². The molecule has 36 heavy (non-hydrogen) atoms. The molecular weight excluding hydrogens is 456 g/mol. The Hall–Kier alpha value is -3.49. The Morgan fingerprint density at radius 1 is 1.19 bits per heavy atom. The van der Waals surface area contributed by atoms with Gasteiger partial charge in [0.2, 0.25) is 5.88 Å². The Morgan fingerprint density at radius 3 is 2.58 bits per heavy atom. The number of ether oxygens (including phenoxy) is 2. The molecule has 2 aromatic heterocycles. The highest BCUT2D eigenvalue weighted by Crippen LogP contribution is 2.31. The zero-order valence-corrected chi connectivity index (χ0v) is 21.3. The van der Waals surface area contributed by atoms with Crippen LogP contribution in [0.1, 0.15) is 29.8 Å². The standard InChI is InChI=1S/C28H34N4O4/c1-19-15-32(20(2)18-33)28(34)25-13-23(22-5-7-24(35-4)8-6-22)14-30-27(25)36-26(19)17-31(3)16-21-9-11-29-12-10-21/h5-14,19-20,26,33H,15-18H2,1-4H3/t19-,20+,26-/m0/s1. The number of fused-ring (bicyclic) bond motifs is 1. The van der Waals surface area contributed by atoms with E-state index < -0.39 is 0 Å². The first kappa shape index (κ1) is 25.6. The number of likely N-dealkylation sites (N-methyl/N-ethyl adjacent to an activating group) is 1. The molecule has 3 aromatic rings. The van der Waals surface area contributed by atoms with Crippen molar-refractivity contribution in [2.24, 2.45) is 5.92 Å². The van der Waals surface area contributed by atoms with E-state index in [9.17, 15) is 9.90 Å². The number of hydrogen-bond donors (Lipinski definition) is 1. The third-order valence-corrected chi connectivity index (χ3v) is 6.64. The van der Waals surface area contributed by atoms with Crippen molar-refractivity contribution in [2.45, 2.75) is 32.5 Å². The maximum Gasteiger partial charge on any atom is 0.259 e. The van der Waals surface area contributed by atoms with E-state index in [0.717, 1.165) is 23.4 Å². The van der Waals surface area contributed by atoms with Crippen LogP contribution in [-0.4, -0.2) is 76.8 Å². The van der Waals surface area contributed by atoms with Crippen LogP contribution < -0.4 is 9.47 Å². The number of aliphatic hydroxyl groups is 1. The first-order chi connectivity index (χ1) is 17.4. The summed E-state index contributed by atoms with van der Waals surface area (Å²) in [5, 5.41) is 9.89. The molecule has 0 bridgehead atoms. The fraction of sp³-hybridized carbons (Fsp3) is 0.393. The highest BCUT2D eigenvalue weighted by atomic mass is 16.5. The first-order valence-corrected chi connectivity index (χ1v) is 12.2. The fourth-order valence-electron chi connectivity index (χ4n) is 4.43. The Labute approximate surface area is 212 Å². The lowest BCUT2D eigenvalue weighted by Crippen LogP contribution is -2.49. The number of hydrogen-bond acceptors (Lipinski definition) is 7. The van der Waals surface area contributed by atoms with Crippen molar-refractivity contribution in [2.75, 3.05) is 33.9 Å². The van der Waals surface area contributed by atoms with Crippen LogP contribution in [0.25, 0.3) is 11.1 Å². The van der Waals surface area contributed by atoms with Crippen LogP contribution in [0.5, 0.6) is 11.6 Å². The van der Waals surface area contributed by atoms with Gasteiger partial charge in [0.25, 0.3) is 5.91 Å². The lowest BCUT2D eigenvalue weighted by molar-refractivity contribution is 0.0325. The highest BCUT2D eigenvalue weighted by molar-refractivity contribution is 5.98. The molecule has 8 heteroatoms. The number of aliphatic hydroxyl groups excluding tert-OH is 1. The van der Waals surface area contributed by atoms with E-state index in [1.54, 1.807) is 30.6 Å². The molecule has 0 unspecified atom stereocenters. The maximum atomic E-state index is 13.6. The minimum Gasteiger partial charge on any atom is -0.497 e. The lowest BCUT2D eigenvalue weighted by atomic mass is 9.99. The third kappa shape index (κ3) is 5.83. The normalized spacial score (nSPS) is 18.7. The predicted octanol–water partition coefficient (Wildman–Crippen LogP) is 3.50. The van der Waals surface area contributed by atoms with Gasteiger partial charge >= 0.3 is 0 Å². The average molecular weight is 491 g/mol. The summed E-state index contributed by atoms with van der Waals surface area (Å²) in [5.41, 5.74) is 3.30. The van der Waals surface area contributed by atoms with E-state index in [0.29, 0.717) is 24.5 Å². The molecule has 190 valence electrons. The van der Waals surface area contributed by atoms with E-state index in [-0.39, 0.29) is 30.6 Å². The van der Waals surface area contributed by atoms with Gasteiger partial charge < -0.3 is 19.5 Å². The van der Waals surface area contributed by atoms with Gasteiger partial charge in [-0.2, -0.15) is 0 Å². The van der Waals surface area contributed by atoms with Gasteiger partial charge in [0.15, 0.2) is 0 Å². The number of nitrogens with zero attached hydrogens (tertiary/aromatic N) is 4. The average Bonchev–Trinajstić information content (AvgIpc) is 2.90. The summed E-state index contributed by atoms with van der Waals surface area (Å²) in [5.74, 6) is 0.915. The molecule has 3 heterocycles. The van der Waals surface area contributed by atoms with Gasteiger partial charge in [-0.1, -0.05) is 19.1 Å². The quantitative estimate of drug-likeness (QED) is 0.517. The highest BCUT2D eigenvalue weighted by Gasteiger charge is 2.34. The van der Waals surface area contributed by atoms with Gasteiger partial charge in [-0.3, -0.25) is 14.7 Å². The van der Waals surface area contributed by atoms with Crippen LogP contribution >= 0.6 is 0 Å². The number of methoxy groups -OCH3 is 1. The first-order valence-electron chi connectivity index (χ1n) is 12.2. The third-order valence-electron chi connectivity index (χ3n) is 6.64. The monoisotopic (exact) mass is 490 g/mol. The van der Waals surface area contributed by atoms with E-state index in [2.05, 4.69) is 28.8 Å². The van der Waals surface area contributed by atoms with Crippen molar-refractivity contribution in [1.82, 2.24) is 19.8 Å². The maximum absolute atomic E-state index is 13.6. The molecule has 0 saturated heterocycles. The van der Waals surface area contributed by atoms with Crippen molar-refractivity contribution in [3.8, 4) is 22.8 Å². The predicted molar refractivity (Wildman–Crippen MR) is 138 cm³/mol. The number of aromatic nitrogens is 2. The number of carbonyl (C=O) groups is 1. The Kier molecular flexibility index (Phi) is 8.18. The summed E-state index contributed by atoms with van der Waals surface area (Å²) in [6, 6.07) is 13.1. The van der Waals surface area contributed by atoms with E-state index in [1.165, 1.54) is 5.56 Å². The molecule has 1 amide bonds. The Balaban J connectivity index is 1.65. The van der Waals surface area contributed by atoms with Gasteiger partial charge in [-0.05, 0) is 55.4 Å². The van der Waals surface area contributed by atoms with Crippen molar-refractivity contribution in [1.29, 1.82) is 0 Å². The Morgan fingerprint density at radius 2 is 1.92 bits per heavy atom. The van der Waals surface area contributed by atoms with Crippen LogP contribution in [0.3, 0.4) is 0 Å². The molecule has 0 aliphatic carbocycles. The lowest BCUT2D eigenvalue weighted by Gasteiger charge is -2.37. The minimum atomic E-state index is -0.328. The molecule has 1 aliphatic rings. The summed E-state index contributed by atoms with van der Waals surface area (Å²) >= 11 is 0. The van der Waals surface area contributed by atoms with Crippen LogP contribution in [-0.2, 0) is 6.54 Å². The van der Waals surface area contributed by atoms with Crippen LogP contribution in [0.15, 0.2) is 61.1 Å². The fourth-order valence-corrected chi connectivity index (χ4v) is 4.43. The molecule has 4 rings (SSSR count). The van der Waals surface area contributed by atoms with Crippen LogP contribution in [0, 0.1) is 5.92 Å². The number of benzene rings is 1. The molecule has 1 aliphatic heterocycles. The zero-order valence-electron chi connectivity index (χ0n) is 21.3. The van der Waals surface area contributed by atoms with E-state index >= 15 is 0 Å². The molecule has 8 nitrogen and oxygen atoms in total. The molecule has 0 saturated carbocycles. The topological polar surface area (TPSA) is 88.0 Å². The van der Waals surface area contributed by atoms with Crippen molar-refractivity contribution in [3.05, 3.63) is 72.2 Å². The number of carbonyl (C=O) groups excluding carboxylic acids is 1. The van der Waals surface area contributed by atoms with E-state index in [4.69, 9.17) is 9.47 Å². The molecule has 1 N–H and O–H groups in total. The molecule has 1 aromatic carbocycles. The molecular formula is C28H34N4O4. The van der Waals surface area contributed by atoms with Gasteiger partial charge in [0, 0.05) is 49.7 Å². The largest absolute Gasteiger partial charge is 0.497 e. The summed E-state index contributed by atoms with van der Waals surface area (Å²) in [6.07, 6.45) is 5.12. The SMILES string of the molecule is COc1ccc(-c2cnc3c(c2)C(=O)N([C@H](C)CO)C[C@H](C)[C@H](CN(C)Cc2ccncc2)O3)cc1. The van der Waals surface area contributed by atoms with Crippen molar-refractivity contribution < 1.29 is 19.4 Å². The Bertz CT molecular complexity index is 1160. The summed E-state index contributed by atoms with van der Waals surface area (Å²) in [6.45, 7) is 5.69. The second kappa shape index (κ2) is 11.5. The van der Waals surface area contributed by atoms with Gasteiger partial charge in [-0.25, -0.2) is 4.98 Å². The van der Waals surface area contributed by atoms with Gasteiger partial charge in [0.1, 0.15) is 17.4 Å². The number of pyridine rings is 2. The summed E-state index contributed by atoms with van der Waals surface area (Å²) in [7, 11) is 3.68. The molecule has 0 spiro atoms. The molecule has 3 atom stereocenters. The van der Waals surface area contributed by atoms with Gasteiger partial charge in [0.05, 0.1) is 19.8 Å². The second-order valence-electron chi connectivity index (χ2n) is 9.48.